The van der Waals surface area contributed by atoms with Crippen LogP contribution in [0, 0.1) is 17.5 Å². The van der Waals surface area contributed by atoms with Gasteiger partial charge < -0.3 is 14.9 Å². The van der Waals surface area contributed by atoms with Gasteiger partial charge in [0.05, 0.1) is 18.4 Å². The number of ether oxygens (including phenoxy) is 1. The number of carboxylic acid groups (broad SMARTS) is 1. The minimum absolute atomic E-state index is 0.0233. The van der Waals surface area contributed by atoms with Crippen LogP contribution >= 0.6 is 0 Å². The zero-order valence-corrected chi connectivity index (χ0v) is 13.2. The Morgan fingerprint density at radius 1 is 1.12 bits per heavy atom. The van der Waals surface area contributed by atoms with Crippen molar-refractivity contribution in [3.05, 3.63) is 47.3 Å². The molecule has 2 aromatic rings. The van der Waals surface area contributed by atoms with Crippen molar-refractivity contribution in [2.75, 3.05) is 11.8 Å². The average Bonchev–Trinajstić information content (AvgIpc) is 2.52. The summed E-state index contributed by atoms with van der Waals surface area (Å²) in [5.41, 5.74) is -1.60. The molecule has 0 saturated carbocycles. The molecule has 0 fully saturated rings. The van der Waals surface area contributed by atoms with Crippen LogP contribution in [0.25, 0.3) is 0 Å². The second-order valence-corrected chi connectivity index (χ2v) is 6.31. The molecule has 0 heterocycles. The summed E-state index contributed by atoms with van der Waals surface area (Å²) in [7, 11) is -3.57. The van der Waals surface area contributed by atoms with Crippen LogP contribution in [0.3, 0.4) is 0 Å². The third-order valence-electron chi connectivity index (χ3n) is 3.06. The molecule has 11 heteroatoms. The third-order valence-corrected chi connectivity index (χ3v) is 4.45. The molecule has 3 N–H and O–H groups in total. The fourth-order valence-electron chi connectivity index (χ4n) is 1.90. The predicted molar refractivity (Wildman–Crippen MR) is 78.7 cm³/mol. The molecule has 0 atom stereocenters. The van der Waals surface area contributed by atoms with Gasteiger partial charge in [-0.3, -0.25) is 4.72 Å². The van der Waals surface area contributed by atoms with E-state index < -0.39 is 49.7 Å². The number of hydrogen-bond donors (Lipinski definition) is 3. The summed E-state index contributed by atoms with van der Waals surface area (Å²) in [6.45, 7) is 0. The number of hydrogen-bond acceptors (Lipinski definition) is 5. The molecule has 7 nitrogen and oxygen atoms in total. The summed E-state index contributed by atoms with van der Waals surface area (Å²) in [5.74, 6) is -8.73. The van der Waals surface area contributed by atoms with Crippen LogP contribution in [0.15, 0.2) is 29.2 Å². The second kappa shape index (κ2) is 6.51. The van der Waals surface area contributed by atoms with E-state index in [0.29, 0.717) is 0 Å². The van der Waals surface area contributed by atoms with Crippen molar-refractivity contribution in [2.24, 2.45) is 0 Å². The van der Waals surface area contributed by atoms with E-state index in [9.17, 15) is 31.5 Å². The number of phenolic OH excluding ortho intramolecular Hbond substituents is 1. The lowest BCUT2D eigenvalue weighted by atomic mass is 10.2. The summed E-state index contributed by atoms with van der Waals surface area (Å²) >= 11 is 0. The molecule has 2 rings (SSSR count). The van der Waals surface area contributed by atoms with Crippen molar-refractivity contribution in [1.82, 2.24) is 0 Å². The molecule has 25 heavy (non-hydrogen) atoms. The first-order chi connectivity index (χ1) is 11.6. The van der Waals surface area contributed by atoms with E-state index in [1.165, 1.54) is 13.2 Å². The standard InChI is InChI=1S/C14H10F3NO6S/c1-24-9-3-2-6(4-8(9)19)18-25(22,23)10-5-7(14(20)21)11(15)13(17)12(10)16/h2-5,18-19H,1H3,(H,20,21). The van der Waals surface area contributed by atoms with Gasteiger partial charge in [0.15, 0.2) is 29.0 Å². The highest BCUT2D eigenvalue weighted by atomic mass is 32.2. The van der Waals surface area contributed by atoms with Gasteiger partial charge in [-0.25, -0.2) is 26.4 Å². The van der Waals surface area contributed by atoms with Gasteiger partial charge in [-0.2, -0.15) is 0 Å². The molecular formula is C14H10F3NO6S. The Kier molecular flexibility index (Phi) is 4.79. The fraction of sp³-hybridized carbons (Fsp3) is 0.0714. The first-order valence-electron chi connectivity index (χ1n) is 6.39. The zero-order chi connectivity index (χ0) is 18.9. The van der Waals surface area contributed by atoms with Crippen molar-refractivity contribution in [3.63, 3.8) is 0 Å². The van der Waals surface area contributed by atoms with Gasteiger partial charge in [-0.1, -0.05) is 0 Å². The maximum Gasteiger partial charge on any atom is 0.338 e. The third kappa shape index (κ3) is 3.45. The highest BCUT2D eigenvalue weighted by Gasteiger charge is 2.29. The number of benzene rings is 2. The van der Waals surface area contributed by atoms with Gasteiger partial charge in [-0.05, 0) is 18.2 Å². The highest BCUT2D eigenvalue weighted by molar-refractivity contribution is 7.92. The van der Waals surface area contributed by atoms with E-state index >= 15 is 0 Å². The number of anilines is 1. The largest absolute Gasteiger partial charge is 0.504 e. The minimum Gasteiger partial charge on any atom is -0.504 e. The maximum absolute atomic E-state index is 13.8. The number of carboxylic acids is 1. The monoisotopic (exact) mass is 377 g/mol. The number of carbonyl (C=O) groups is 1. The molecule has 0 aliphatic rings. The molecule has 0 aromatic heterocycles. The lowest BCUT2D eigenvalue weighted by molar-refractivity contribution is 0.0690. The lowest BCUT2D eigenvalue weighted by Crippen LogP contribution is -2.18. The van der Waals surface area contributed by atoms with Crippen molar-refractivity contribution in [2.45, 2.75) is 4.90 Å². The van der Waals surface area contributed by atoms with Gasteiger partial charge in [0.2, 0.25) is 0 Å². The number of halogens is 3. The van der Waals surface area contributed by atoms with E-state index in [2.05, 4.69) is 0 Å². The fourth-order valence-corrected chi connectivity index (χ4v) is 3.04. The van der Waals surface area contributed by atoms with Crippen LogP contribution < -0.4 is 9.46 Å². The number of sulfonamides is 1. The molecular weight excluding hydrogens is 367 g/mol. The average molecular weight is 377 g/mol. The number of aromatic carboxylic acids is 1. The van der Waals surface area contributed by atoms with E-state index in [0.717, 1.165) is 12.1 Å². The van der Waals surface area contributed by atoms with Crippen LogP contribution in [-0.4, -0.2) is 31.7 Å². The van der Waals surface area contributed by atoms with E-state index in [1.54, 1.807) is 0 Å². The summed E-state index contributed by atoms with van der Waals surface area (Å²) in [5, 5.41) is 18.4. The van der Waals surface area contributed by atoms with Crippen molar-refractivity contribution in [1.29, 1.82) is 0 Å². The highest BCUT2D eigenvalue weighted by Crippen LogP contribution is 2.30. The van der Waals surface area contributed by atoms with Crippen molar-refractivity contribution < 1.29 is 41.3 Å². The molecule has 2 aromatic carbocycles. The Labute approximate surface area is 139 Å². The van der Waals surface area contributed by atoms with Crippen molar-refractivity contribution >= 4 is 21.7 Å². The molecule has 134 valence electrons. The normalized spacial score (nSPS) is 11.2. The lowest BCUT2D eigenvalue weighted by Gasteiger charge is -2.12. The molecule has 0 saturated heterocycles. The molecule has 0 radical (unpaired) electrons. The summed E-state index contributed by atoms with van der Waals surface area (Å²) in [6, 6.07) is 3.41. The Morgan fingerprint density at radius 2 is 1.76 bits per heavy atom. The van der Waals surface area contributed by atoms with Gasteiger partial charge in [0, 0.05) is 6.07 Å². The first-order valence-corrected chi connectivity index (χ1v) is 7.87. The predicted octanol–water partition coefficient (Wildman–Crippen LogP) is 2.32. The van der Waals surface area contributed by atoms with Crippen LogP contribution in [0.1, 0.15) is 10.4 Å². The van der Waals surface area contributed by atoms with Crippen LogP contribution in [0.4, 0.5) is 18.9 Å². The smallest absolute Gasteiger partial charge is 0.338 e. The summed E-state index contributed by atoms with van der Waals surface area (Å²) in [6.07, 6.45) is 0. The maximum atomic E-state index is 13.8. The number of methoxy groups -OCH3 is 1. The Morgan fingerprint density at radius 3 is 2.28 bits per heavy atom. The van der Waals surface area contributed by atoms with Crippen LogP contribution in [-0.2, 0) is 10.0 Å². The second-order valence-electron chi connectivity index (χ2n) is 4.66. The Balaban J connectivity index is 2.53. The summed E-state index contributed by atoms with van der Waals surface area (Å²) in [4.78, 5) is 9.44. The van der Waals surface area contributed by atoms with E-state index in [1.807, 2.05) is 4.72 Å². The van der Waals surface area contributed by atoms with Gasteiger partial charge >= 0.3 is 5.97 Å². The topological polar surface area (TPSA) is 113 Å². The number of nitrogens with one attached hydrogen (secondary N) is 1. The van der Waals surface area contributed by atoms with Crippen molar-refractivity contribution in [3.8, 4) is 11.5 Å². The first kappa shape index (κ1) is 18.4. The molecule has 0 bridgehead atoms. The van der Waals surface area contributed by atoms with Crippen LogP contribution in [0.5, 0.6) is 11.5 Å². The molecule has 0 spiro atoms. The SMILES string of the molecule is COc1ccc(NS(=O)(=O)c2cc(C(=O)O)c(F)c(F)c2F)cc1O. The molecule has 0 aliphatic heterocycles. The molecule has 0 unspecified atom stereocenters. The van der Waals surface area contributed by atoms with Gasteiger partial charge in [-0.15, -0.1) is 0 Å². The molecule has 0 aliphatic carbocycles. The quantitative estimate of drug-likeness (QED) is 0.690. The minimum atomic E-state index is -4.82. The van der Waals surface area contributed by atoms with Gasteiger partial charge in [0.25, 0.3) is 10.0 Å². The number of rotatable bonds is 5. The van der Waals surface area contributed by atoms with E-state index in [-0.39, 0.29) is 17.5 Å². The summed E-state index contributed by atoms with van der Waals surface area (Å²) < 4.78 is 71.6. The molecule has 0 amide bonds. The van der Waals surface area contributed by atoms with Gasteiger partial charge in [0.1, 0.15) is 4.90 Å². The van der Waals surface area contributed by atoms with Crippen LogP contribution in [0.2, 0.25) is 0 Å². The van der Waals surface area contributed by atoms with E-state index in [4.69, 9.17) is 9.84 Å². The Bertz CT molecular complexity index is 962. The Hall–Kier alpha value is -2.95. The number of aromatic hydroxyl groups is 1. The zero-order valence-electron chi connectivity index (χ0n) is 12.4. The number of phenols is 1.